The van der Waals surface area contributed by atoms with E-state index in [-0.39, 0.29) is 0 Å². The first-order valence-electron chi connectivity index (χ1n) is 6.03. The molecule has 0 N–H and O–H groups in total. The second-order valence-corrected chi connectivity index (χ2v) is 14.4. The van der Waals surface area contributed by atoms with Gasteiger partial charge in [0.1, 0.15) is 0 Å². The fraction of sp³-hybridized carbons (Fsp3) is 0.400. The number of benzene rings is 1. The zero-order chi connectivity index (χ0) is 21.5. The van der Waals surface area contributed by atoms with Crippen LogP contribution in [0.25, 0.3) is 0 Å². The number of halogens is 10. The predicted molar refractivity (Wildman–Crippen MR) is 81.9 cm³/mol. The van der Waals surface area contributed by atoms with Crippen LogP contribution in [0.4, 0.5) is 39.5 Å². The number of hydrogen-bond acceptors (Lipinski definition) is 4. The Morgan fingerprint density at radius 1 is 0.741 bits per heavy atom. The Morgan fingerprint density at radius 2 is 1.11 bits per heavy atom. The fourth-order valence-corrected chi connectivity index (χ4v) is 13.8. The van der Waals surface area contributed by atoms with Crippen molar-refractivity contribution < 1.29 is 56.3 Å². The van der Waals surface area contributed by atoms with E-state index in [0.717, 1.165) is 18.2 Å². The van der Waals surface area contributed by atoms with E-state index in [1.54, 1.807) is 0 Å². The third kappa shape index (κ3) is 5.37. The third-order valence-electron chi connectivity index (χ3n) is 2.39. The van der Waals surface area contributed by atoms with E-state index in [9.17, 15) is 56.3 Å². The molecule has 0 amide bonds. The van der Waals surface area contributed by atoms with Gasteiger partial charge >= 0.3 is 154 Å². The first kappa shape index (κ1) is 24.2. The van der Waals surface area contributed by atoms with Gasteiger partial charge < -0.3 is 0 Å². The van der Waals surface area contributed by atoms with Crippen molar-refractivity contribution in [2.45, 2.75) is 17.2 Å². The molecular formula is C10H7F9INO4S2. The van der Waals surface area contributed by atoms with Gasteiger partial charge in [0, 0.05) is 0 Å². The van der Waals surface area contributed by atoms with Gasteiger partial charge in [-0.25, -0.2) is 0 Å². The van der Waals surface area contributed by atoms with Crippen LogP contribution < -0.4 is 0 Å². The van der Waals surface area contributed by atoms with Gasteiger partial charge in [0.15, 0.2) is 0 Å². The molecule has 17 heteroatoms. The Balaban J connectivity index is 3.88. The van der Waals surface area contributed by atoms with Crippen LogP contribution in [0.3, 0.4) is 0 Å². The van der Waals surface area contributed by atoms with E-state index in [1.807, 2.05) is 0 Å². The number of nitrogens with zero attached hydrogens (tertiary/aromatic N) is 1. The number of alkyl halides is 10. The number of hydrogen-bond donors (Lipinski definition) is 0. The van der Waals surface area contributed by atoms with Crippen molar-refractivity contribution in [2.24, 2.45) is 0 Å². The molecule has 0 atom stereocenters. The first-order chi connectivity index (χ1) is 11.8. The summed E-state index contributed by atoms with van der Waals surface area (Å²) in [7, 11) is -14.6. The van der Waals surface area contributed by atoms with Crippen LogP contribution >= 0.6 is 20.1 Å². The van der Waals surface area contributed by atoms with Crippen molar-refractivity contribution in [3.8, 4) is 0 Å². The molecule has 1 rings (SSSR count). The molecule has 27 heavy (non-hydrogen) atoms. The molecule has 0 aromatic heterocycles. The molecule has 1 aromatic carbocycles. The van der Waals surface area contributed by atoms with Crippen molar-refractivity contribution in [2.75, 3.05) is 4.43 Å². The Bertz CT molecular complexity index is 819. The van der Waals surface area contributed by atoms with Gasteiger partial charge in [0.05, 0.1) is 0 Å². The summed E-state index contributed by atoms with van der Waals surface area (Å²) in [4.78, 5) is 0. The van der Waals surface area contributed by atoms with Crippen molar-refractivity contribution in [3.63, 3.8) is 0 Å². The summed E-state index contributed by atoms with van der Waals surface area (Å²) in [5.41, 5.74) is -13.2. The molecule has 1 aromatic rings. The summed E-state index contributed by atoms with van der Waals surface area (Å²) in [5.74, 6) is 0. The number of sulfonamides is 2. The second kappa shape index (κ2) is 7.54. The molecule has 0 unspecified atom stereocenters. The topological polar surface area (TPSA) is 71.5 Å². The molecule has 0 fully saturated rings. The summed E-state index contributed by atoms with van der Waals surface area (Å²) in [6, 6.07) is 4.21. The zero-order valence-corrected chi connectivity index (χ0v) is 16.1. The van der Waals surface area contributed by atoms with Crippen LogP contribution in [0.2, 0.25) is 0 Å². The maximum atomic E-state index is 12.8. The minimum atomic E-state index is -7.30. The molecule has 0 spiro atoms. The van der Waals surface area contributed by atoms with Crippen molar-refractivity contribution in [1.29, 1.82) is 0 Å². The molecule has 0 heterocycles. The van der Waals surface area contributed by atoms with Gasteiger partial charge in [-0.15, -0.1) is 0 Å². The Hall–Kier alpha value is -0.820. The van der Waals surface area contributed by atoms with E-state index in [1.165, 1.54) is 0 Å². The second-order valence-electron chi connectivity index (χ2n) is 4.44. The molecule has 5 nitrogen and oxygen atoms in total. The van der Waals surface area contributed by atoms with Crippen LogP contribution in [0, 0.1) is 3.57 Å². The monoisotopic (exact) mass is 567 g/mol. The zero-order valence-electron chi connectivity index (χ0n) is 12.3. The Labute approximate surface area is 154 Å². The SMILES string of the molecule is O=S(=O)(N(I(CC(F)(F)F)c1ccccc1)S(=O)(=O)C(F)(F)F)C(F)(F)F. The summed E-state index contributed by atoms with van der Waals surface area (Å²) in [6.45, 7) is 0. The molecule has 0 aliphatic carbocycles. The van der Waals surface area contributed by atoms with E-state index in [0.29, 0.717) is 12.1 Å². The minimum absolute atomic E-state index is 0.626. The van der Waals surface area contributed by atoms with Crippen molar-refractivity contribution in [1.82, 2.24) is 1.92 Å². The summed E-state index contributed by atoms with van der Waals surface area (Å²) in [6.07, 6.45) is -5.44. The molecule has 0 saturated carbocycles. The molecule has 0 saturated heterocycles. The van der Waals surface area contributed by atoms with E-state index in [2.05, 4.69) is 0 Å². The van der Waals surface area contributed by atoms with Crippen molar-refractivity contribution >= 4 is 40.1 Å². The number of rotatable bonds is 5. The average Bonchev–Trinajstić information content (AvgIpc) is 2.43. The van der Waals surface area contributed by atoms with Crippen molar-refractivity contribution in [3.05, 3.63) is 33.9 Å². The molecule has 0 aliphatic heterocycles. The van der Waals surface area contributed by atoms with E-state index < -0.39 is 67.3 Å². The van der Waals surface area contributed by atoms with E-state index >= 15 is 0 Å². The summed E-state index contributed by atoms with van der Waals surface area (Å²) in [5, 5.41) is 0. The first-order valence-corrected chi connectivity index (χ1v) is 12.5. The van der Waals surface area contributed by atoms with Crippen LogP contribution in [-0.2, 0) is 20.0 Å². The normalized spacial score (nSPS) is 15.1. The Kier molecular flexibility index (Phi) is 6.77. The van der Waals surface area contributed by atoms with Crippen LogP contribution in [0.5, 0.6) is 0 Å². The molecule has 0 aliphatic rings. The van der Waals surface area contributed by atoms with Crippen LogP contribution in [0.1, 0.15) is 0 Å². The fourth-order valence-electron chi connectivity index (χ4n) is 1.42. The van der Waals surface area contributed by atoms with Gasteiger partial charge in [-0.05, 0) is 0 Å². The quantitative estimate of drug-likeness (QED) is 0.235. The maximum absolute atomic E-state index is 12.8. The van der Waals surface area contributed by atoms with Crippen LogP contribution in [0.15, 0.2) is 30.3 Å². The molecular weight excluding hydrogens is 560 g/mol. The van der Waals surface area contributed by atoms with Gasteiger partial charge in [-0.1, -0.05) is 0 Å². The standard InChI is InChI=1S/C10H7F9INO4S2/c11-8(12,13)6-20(7-4-2-1-3-5-7)21(26(22,23)9(14,15)16)27(24,25)10(17,18)19/h1-5H,6H2. The van der Waals surface area contributed by atoms with Gasteiger partial charge in [0.2, 0.25) is 0 Å². The molecule has 0 bridgehead atoms. The summed E-state index contributed by atoms with van der Waals surface area (Å²) < 4.78 is 156. The third-order valence-corrected chi connectivity index (χ3v) is 15.5. The molecule has 0 radical (unpaired) electrons. The van der Waals surface area contributed by atoms with E-state index in [4.69, 9.17) is 0 Å². The summed E-state index contributed by atoms with van der Waals surface area (Å²) >= 11 is -5.42. The molecule has 158 valence electrons. The average molecular weight is 567 g/mol. The van der Waals surface area contributed by atoms with Gasteiger partial charge in [0.25, 0.3) is 0 Å². The van der Waals surface area contributed by atoms with Gasteiger partial charge in [-0.3, -0.25) is 0 Å². The van der Waals surface area contributed by atoms with Gasteiger partial charge in [-0.2, -0.15) is 0 Å². The van der Waals surface area contributed by atoms with Crippen LogP contribution in [-0.4, -0.2) is 40.4 Å². The predicted octanol–water partition coefficient (Wildman–Crippen LogP) is 3.84. The Morgan fingerprint density at radius 3 is 1.41 bits per heavy atom.